The Morgan fingerprint density at radius 3 is 2.68 bits per heavy atom. The van der Waals surface area contributed by atoms with E-state index >= 15 is 0 Å². The monoisotopic (exact) mass is 262 g/mol. The second-order valence-electron chi connectivity index (χ2n) is 5.40. The maximum absolute atomic E-state index is 6.09. The number of nitrogens with zero attached hydrogens (tertiary/aromatic N) is 1. The van der Waals surface area contributed by atoms with Gasteiger partial charge in [-0.25, -0.2) is 0 Å². The molecular formula is C15H22N2O2. The zero-order valence-corrected chi connectivity index (χ0v) is 11.3. The summed E-state index contributed by atoms with van der Waals surface area (Å²) in [5.74, 6) is 0.980. The molecule has 0 aromatic heterocycles. The second kappa shape index (κ2) is 5.80. The van der Waals surface area contributed by atoms with Crippen molar-refractivity contribution in [3.63, 3.8) is 0 Å². The van der Waals surface area contributed by atoms with Crippen LogP contribution in [0.3, 0.4) is 0 Å². The van der Waals surface area contributed by atoms with E-state index in [9.17, 15) is 0 Å². The fourth-order valence-corrected chi connectivity index (χ4v) is 2.74. The second-order valence-corrected chi connectivity index (χ2v) is 5.40. The number of hydrogen-bond donors (Lipinski definition) is 1. The molecule has 1 aromatic rings. The van der Waals surface area contributed by atoms with Gasteiger partial charge < -0.3 is 20.1 Å². The van der Waals surface area contributed by atoms with E-state index in [2.05, 4.69) is 23.1 Å². The van der Waals surface area contributed by atoms with Gasteiger partial charge in [0.15, 0.2) is 0 Å². The van der Waals surface area contributed by atoms with E-state index in [0.717, 1.165) is 44.7 Å². The van der Waals surface area contributed by atoms with Crippen molar-refractivity contribution in [3.05, 3.63) is 24.3 Å². The van der Waals surface area contributed by atoms with E-state index < -0.39 is 0 Å². The Morgan fingerprint density at radius 1 is 1.16 bits per heavy atom. The number of benzene rings is 1. The Bertz CT molecular complexity index is 410. The van der Waals surface area contributed by atoms with Gasteiger partial charge in [-0.3, -0.25) is 0 Å². The van der Waals surface area contributed by atoms with Gasteiger partial charge in [0.1, 0.15) is 11.9 Å². The van der Waals surface area contributed by atoms with E-state index in [1.807, 2.05) is 6.07 Å². The molecule has 2 aliphatic rings. The Labute approximate surface area is 114 Å². The van der Waals surface area contributed by atoms with E-state index in [-0.39, 0.29) is 6.10 Å². The lowest BCUT2D eigenvalue weighted by Crippen LogP contribution is -2.39. The number of anilines is 1. The van der Waals surface area contributed by atoms with Gasteiger partial charge in [0, 0.05) is 25.6 Å². The highest BCUT2D eigenvalue weighted by Crippen LogP contribution is 2.31. The Balaban J connectivity index is 1.73. The van der Waals surface area contributed by atoms with Gasteiger partial charge in [0.2, 0.25) is 0 Å². The molecule has 3 rings (SSSR count). The molecule has 2 aliphatic heterocycles. The molecule has 0 radical (unpaired) electrons. The summed E-state index contributed by atoms with van der Waals surface area (Å²) in [6.07, 6.45) is 3.30. The maximum Gasteiger partial charge on any atom is 0.143 e. The normalized spacial score (nSPS) is 24.7. The summed E-state index contributed by atoms with van der Waals surface area (Å²) in [6, 6.07) is 8.66. The average Bonchev–Trinajstić information content (AvgIpc) is 2.93. The number of para-hydroxylation sites is 2. The highest BCUT2D eigenvalue weighted by molar-refractivity contribution is 5.58. The van der Waals surface area contributed by atoms with Gasteiger partial charge >= 0.3 is 0 Å². The summed E-state index contributed by atoms with van der Waals surface area (Å²) in [6.45, 7) is 3.55. The minimum Gasteiger partial charge on any atom is -0.486 e. The lowest BCUT2D eigenvalue weighted by atomic mass is 10.1. The highest BCUT2D eigenvalue weighted by Gasteiger charge is 2.22. The molecule has 0 bridgehead atoms. The number of rotatable bonds is 3. The molecule has 0 amide bonds. The first-order valence-corrected chi connectivity index (χ1v) is 7.17. The summed E-state index contributed by atoms with van der Waals surface area (Å²) in [5.41, 5.74) is 7.17. The number of ether oxygens (including phenoxy) is 2. The van der Waals surface area contributed by atoms with Crippen LogP contribution in [0.2, 0.25) is 0 Å². The van der Waals surface area contributed by atoms with Crippen LogP contribution in [0.5, 0.6) is 5.75 Å². The average molecular weight is 262 g/mol. The summed E-state index contributed by atoms with van der Waals surface area (Å²) >= 11 is 0. The topological polar surface area (TPSA) is 47.7 Å². The van der Waals surface area contributed by atoms with Crippen LogP contribution in [-0.2, 0) is 4.74 Å². The van der Waals surface area contributed by atoms with Crippen LogP contribution < -0.4 is 15.4 Å². The van der Waals surface area contributed by atoms with E-state index in [1.165, 1.54) is 5.69 Å². The van der Waals surface area contributed by atoms with Crippen molar-refractivity contribution in [1.82, 2.24) is 0 Å². The smallest absolute Gasteiger partial charge is 0.143 e. The van der Waals surface area contributed by atoms with E-state index in [0.29, 0.717) is 12.6 Å². The van der Waals surface area contributed by atoms with Crippen LogP contribution in [0.4, 0.5) is 5.69 Å². The largest absolute Gasteiger partial charge is 0.486 e. The van der Waals surface area contributed by atoms with Crippen molar-refractivity contribution in [2.24, 2.45) is 5.73 Å². The Morgan fingerprint density at radius 2 is 1.95 bits per heavy atom. The minimum absolute atomic E-state index is 0.202. The summed E-state index contributed by atoms with van der Waals surface area (Å²) in [5, 5.41) is 0. The molecular weight excluding hydrogens is 240 g/mol. The molecule has 19 heavy (non-hydrogen) atoms. The van der Waals surface area contributed by atoms with E-state index in [4.69, 9.17) is 15.2 Å². The summed E-state index contributed by atoms with van der Waals surface area (Å²) in [7, 11) is 0. The van der Waals surface area contributed by atoms with Gasteiger partial charge in [-0.05, 0) is 25.0 Å². The van der Waals surface area contributed by atoms with Gasteiger partial charge in [0.05, 0.1) is 18.9 Å². The van der Waals surface area contributed by atoms with Gasteiger partial charge in [-0.1, -0.05) is 12.1 Å². The standard InChI is InChI=1S/C15H22N2O2/c16-12-5-8-17(9-6-12)14-3-1-2-4-15(14)19-13-7-10-18-11-13/h1-4,12-13H,5-11,16H2. The molecule has 4 nitrogen and oxygen atoms in total. The number of nitrogens with two attached hydrogens (primary N) is 1. The molecule has 0 saturated carbocycles. The number of piperidine rings is 1. The molecule has 1 aromatic carbocycles. The lowest BCUT2D eigenvalue weighted by molar-refractivity contribution is 0.141. The highest BCUT2D eigenvalue weighted by atomic mass is 16.5. The van der Waals surface area contributed by atoms with Gasteiger partial charge in [0.25, 0.3) is 0 Å². The SMILES string of the molecule is NC1CCN(c2ccccc2OC2CCOC2)CC1. The first kappa shape index (κ1) is 12.8. The zero-order valence-electron chi connectivity index (χ0n) is 11.3. The molecule has 2 fully saturated rings. The third kappa shape index (κ3) is 3.01. The molecule has 0 spiro atoms. The third-order valence-corrected chi connectivity index (χ3v) is 3.93. The van der Waals surface area contributed by atoms with Crippen LogP contribution in [0.15, 0.2) is 24.3 Å². The molecule has 1 unspecified atom stereocenters. The molecule has 104 valence electrons. The number of hydrogen-bond acceptors (Lipinski definition) is 4. The van der Waals surface area contributed by atoms with Gasteiger partial charge in [-0.15, -0.1) is 0 Å². The summed E-state index contributed by atoms with van der Waals surface area (Å²) in [4.78, 5) is 2.38. The predicted octanol–water partition coefficient (Wildman–Crippen LogP) is 1.78. The van der Waals surface area contributed by atoms with Crippen molar-refractivity contribution in [3.8, 4) is 5.75 Å². The lowest BCUT2D eigenvalue weighted by Gasteiger charge is -2.33. The molecule has 4 heteroatoms. The molecule has 1 atom stereocenters. The van der Waals surface area contributed by atoms with Crippen molar-refractivity contribution in [2.45, 2.75) is 31.4 Å². The van der Waals surface area contributed by atoms with Crippen LogP contribution in [0.25, 0.3) is 0 Å². The Hall–Kier alpha value is -1.26. The Kier molecular flexibility index (Phi) is 3.89. The fourth-order valence-electron chi connectivity index (χ4n) is 2.74. The van der Waals surface area contributed by atoms with Crippen LogP contribution in [-0.4, -0.2) is 38.4 Å². The molecule has 2 heterocycles. The zero-order chi connectivity index (χ0) is 13.1. The molecule has 0 aliphatic carbocycles. The van der Waals surface area contributed by atoms with Crippen molar-refractivity contribution in [2.75, 3.05) is 31.2 Å². The van der Waals surface area contributed by atoms with Crippen molar-refractivity contribution in [1.29, 1.82) is 0 Å². The van der Waals surface area contributed by atoms with Crippen molar-refractivity contribution < 1.29 is 9.47 Å². The fraction of sp³-hybridized carbons (Fsp3) is 0.600. The van der Waals surface area contributed by atoms with Gasteiger partial charge in [-0.2, -0.15) is 0 Å². The summed E-state index contributed by atoms with van der Waals surface area (Å²) < 4.78 is 11.5. The third-order valence-electron chi connectivity index (χ3n) is 3.93. The van der Waals surface area contributed by atoms with Crippen molar-refractivity contribution >= 4 is 5.69 Å². The van der Waals surface area contributed by atoms with Crippen LogP contribution in [0.1, 0.15) is 19.3 Å². The van der Waals surface area contributed by atoms with E-state index in [1.54, 1.807) is 0 Å². The molecule has 2 saturated heterocycles. The predicted molar refractivity (Wildman–Crippen MR) is 75.7 cm³/mol. The quantitative estimate of drug-likeness (QED) is 0.902. The molecule has 2 N–H and O–H groups in total. The minimum atomic E-state index is 0.202. The maximum atomic E-state index is 6.09. The first-order valence-electron chi connectivity index (χ1n) is 7.17. The first-order chi connectivity index (χ1) is 9.33. The van der Waals surface area contributed by atoms with Crippen LogP contribution in [0, 0.1) is 0 Å². The van der Waals surface area contributed by atoms with Crippen LogP contribution >= 0.6 is 0 Å².